The highest BCUT2D eigenvalue weighted by Gasteiger charge is 2.61. The molecule has 1 unspecified atom stereocenters. The second-order valence-electron chi connectivity index (χ2n) is 11.8. The number of allylic oxidation sites excluding steroid dienone is 1. The number of hydrogen-bond acceptors (Lipinski definition) is 7. The van der Waals surface area contributed by atoms with Gasteiger partial charge in [-0.25, -0.2) is 14.3 Å². The molecular weight excluding hydrogens is 502 g/mol. The van der Waals surface area contributed by atoms with Crippen molar-refractivity contribution in [2.75, 3.05) is 43.4 Å². The molecule has 1 atom stereocenters. The first-order chi connectivity index (χ1) is 19.3. The van der Waals surface area contributed by atoms with E-state index in [1.54, 1.807) is 17.0 Å². The van der Waals surface area contributed by atoms with Gasteiger partial charge in [-0.05, 0) is 80.8 Å². The fourth-order valence-electron chi connectivity index (χ4n) is 6.53. The Morgan fingerprint density at radius 2 is 1.80 bits per heavy atom. The van der Waals surface area contributed by atoms with Crippen molar-refractivity contribution in [3.63, 3.8) is 0 Å². The Hall–Kier alpha value is -3.95. The van der Waals surface area contributed by atoms with Crippen LogP contribution in [0, 0.1) is 5.41 Å². The Bertz CT molecular complexity index is 1670. The van der Waals surface area contributed by atoms with E-state index < -0.39 is 5.60 Å². The van der Waals surface area contributed by atoms with Gasteiger partial charge in [0, 0.05) is 49.2 Å². The van der Waals surface area contributed by atoms with Crippen LogP contribution in [0.5, 0.6) is 0 Å². The molecule has 0 radical (unpaired) electrons. The first kappa shape index (κ1) is 25.0. The van der Waals surface area contributed by atoms with Gasteiger partial charge < -0.3 is 20.2 Å². The average molecular weight is 538 g/mol. The van der Waals surface area contributed by atoms with Crippen molar-refractivity contribution in [3.8, 4) is 5.69 Å². The Morgan fingerprint density at radius 1 is 1.07 bits per heavy atom. The Labute approximate surface area is 233 Å². The van der Waals surface area contributed by atoms with Gasteiger partial charge in [-0.1, -0.05) is 12.1 Å². The van der Waals surface area contributed by atoms with Gasteiger partial charge in [0.25, 0.3) is 5.56 Å². The molecule has 0 bridgehead atoms. The lowest BCUT2D eigenvalue weighted by molar-refractivity contribution is -0.00672. The average Bonchev–Trinajstić information content (AvgIpc) is 3.65. The van der Waals surface area contributed by atoms with Gasteiger partial charge >= 0.3 is 0 Å². The van der Waals surface area contributed by atoms with Gasteiger partial charge in [0.2, 0.25) is 5.95 Å². The van der Waals surface area contributed by atoms with Crippen molar-refractivity contribution in [1.29, 1.82) is 0 Å². The van der Waals surface area contributed by atoms with Crippen LogP contribution in [0.4, 0.5) is 17.3 Å². The van der Waals surface area contributed by atoms with Gasteiger partial charge in [0.15, 0.2) is 5.65 Å². The molecule has 3 aliphatic rings. The van der Waals surface area contributed by atoms with Gasteiger partial charge in [0.05, 0.1) is 17.8 Å². The molecule has 0 amide bonds. The molecule has 9 heteroatoms. The lowest BCUT2D eigenvalue weighted by atomic mass is 9.86. The fraction of sp³-hybridized carbons (Fsp3) is 0.387. The monoisotopic (exact) mass is 537 g/mol. The number of anilines is 3. The van der Waals surface area contributed by atoms with Crippen LogP contribution < -0.4 is 15.8 Å². The van der Waals surface area contributed by atoms with Crippen molar-refractivity contribution >= 4 is 28.4 Å². The molecule has 40 heavy (non-hydrogen) atoms. The number of fused-ring (bicyclic) bond motifs is 2. The summed E-state index contributed by atoms with van der Waals surface area (Å²) < 4.78 is 3.45. The van der Waals surface area contributed by atoms with Crippen molar-refractivity contribution in [1.82, 2.24) is 24.2 Å². The van der Waals surface area contributed by atoms with E-state index >= 15 is 0 Å². The van der Waals surface area contributed by atoms with Crippen molar-refractivity contribution in [2.24, 2.45) is 5.41 Å². The van der Waals surface area contributed by atoms with E-state index in [2.05, 4.69) is 51.9 Å². The zero-order valence-corrected chi connectivity index (χ0v) is 23.1. The molecule has 1 aliphatic heterocycles. The zero-order valence-electron chi connectivity index (χ0n) is 23.1. The highest BCUT2D eigenvalue weighted by Crippen LogP contribution is 2.65. The summed E-state index contributed by atoms with van der Waals surface area (Å²) in [7, 11) is 2.16. The number of aromatic nitrogens is 4. The molecule has 1 saturated carbocycles. The molecule has 2 fully saturated rings. The molecule has 4 aromatic rings. The highest BCUT2D eigenvalue weighted by atomic mass is 16.3. The number of benzene rings is 2. The largest absolute Gasteiger partial charge is 0.385 e. The number of likely N-dealkylation sites (N-methyl/N-ethyl adjacent to an activating group) is 1. The molecule has 9 nitrogen and oxygen atoms in total. The third-order valence-electron chi connectivity index (χ3n) is 9.25. The number of nitrogens with zero attached hydrogens (tertiary/aromatic N) is 6. The summed E-state index contributed by atoms with van der Waals surface area (Å²) in [6.45, 7) is 10.3. The summed E-state index contributed by atoms with van der Waals surface area (Å²) in [5.74, 6) is 0.412. The van der Waals surface area contributed by atoms with E-state index in [-0.39, 0.29) is 11.0 Å². The molecule has 1 spiro atoms. The number of nitrogens with one attached hydrogen (secondary N) is 1. The van der Waals surface area contributed by atoms with Gasteiger partial charge in [-0.3, -0.25) is 4.79 Å². The van der Waals surface area contributed by atoms with E-state index in [1.807, 2.05) is 35.9 Å². The molecule has 2 aliphatic carbocycles. The van der Waals surface area contributed by atoms with Crippen LogP contribution in [0.3, 0.4) is 0 Å². The van der Waals surface area contributed by atoms with E-state index in [1.165, 1.54) is 11.3 Å². The van der Waals surface area contributed by atoms with Crippen LogP contribution in [-0.2, 0) is 18.6 Å². The summed E-state index contributed by atoms with van der Waals surface area (Å²) in [4.78, 5) is 27.4. The van der Waals surface area contributed by atoms with Crippen molar-refractivity contribution in [3.05, 3.63) is 82.8 Å². The van der Waals surface area contributed by atoms with E-state index in [9.17, 15) is 9.90 Å². The normalized spacial score (nSPS) is 21.6. The molecule has 206 valence electrons. The third-order valence-corrected chi connectivity index (χ3v) is 9.25. The smallest absolute Gasteiger partial charge is 0.278 e. The second kappa shape index (κ2) is 9.04. The minimum absolute atomic E-state index is 0.0490. The summed E-state index contributed by atoms with van der Waals surface area (Å²) in [5.41, 5.74) is 4.38. The summed E-state index contributed by atoms with van der Waals surface area (Å²) in [6.07, 6.45) is 6.26. The molecule has 2 aromatic carbocycles. The highest BCUT2D eigenvalue weighted by molar-refractivity contribution is 5.77. The van der Waals surface area contributed by atoms with Gasteiger partial charge in [-0.15, -0.1) is 6.58 Å². The lowest BCUT2D eigenvalue weighted by Crippen LogP contribution is -2.44. The van der Waals surface area contributed by atoms with Gasteiger partial charge in [0.1, 0.15) is 5.39 Å². The standard InChI is InChI=1S/C31H35N7O2/c1-4-13-37-28(39)25-20-32-29(33-22-6-9-23(10-7-22)36-16-14-35(3)15-17-36)34-27(25)38(37)24-8-5-21-19-31(11-12-31)30(2,40)26(21)18-24/h4-10,18,20,40H,1,11-17,19H2,2-3H3,(H,32,33,34). The van der Waals surface area contributed by atoms with Gasteiger partial charge in [-0.2, -0.15) is 4.98 Å². The molecule has 7 rings (SSSR count). The number of aliphatic hydroxyl groups is 1. The van der Waals surface area contributed by atoms with Crippen molar-refractivity contribution < 1.29 is 5.11 Å². The van der Waals surface area contributed by atoms with Crippen LogP contribution in [0.25, 0.3) is 16.7 Å². The Kier molecular flexibility index (Phi) is 5.66. The molecule has 2 aromatic heterocycles. The topological polar surface area (TPSA) is 91.5 Å². The summed E-state index contributed by atoms with van der Waals surface area (Å²) >= 11 is 0. The number of piperazine rings is 1. The number of hydrogen-bond donors (Lipinski definition) is 2. The lowest BCUT2D eigenvalue weighted by Gasteiger charge is -2.34. The van der Waals surface area contributed by atoms with Crippen LogP contribution in [-0.4, -0.2) is 62.6 Å². The van der Waals surface area contributed by atoms with Crippen molar-refractivity contribution in [2.45, 2.75) is 38.3 Å². The van der Waals surface area contributed by atoms with E-state index in [0.717, 1.165) is 62.4 Å². The summed E-state index contributed by atoms with van der Waals surface area (Å²) in [5, 5.41) is 15.2. The van der Waals surface area contributed by atoms with E-state index in [0.29, 0.717) is 23.5 Å². The minimum atomic E-state index is -0.886. The molecule has 2 N–H and O–H groups in total. The quantitative estimate of drug-likeness (QED) is 0.362. The Morgan fingerprint density at radius 3 is 2.50 bits per heavy atom. The first-order valence-electron chi connectivity index (χ1n) is 14.1. The fourth-order valence-corrected chi connectivity index (χ4v) is 6.53. The third kappa shape index (κ3) is 3.87. The Balaban J connectivity index is 1.24. The predicted octanol–water partition coefficient (Wildman–Crippen LogP) is 3.81. The van der Waals surface area contributed by atoms with Crippen LogP contribution in [0.2, 0.25) is 0 Å². The maximum atomic E-state index is 13.4. The maximum Gasteiger partial charge on any atom is 0.278 e. The predicted molar refractivity (Wildman–Crippen MR) is 158 cm³/mol. The summed E-state index contributed by atoms with van der Waals surface area (Å²) in [6, 6.07) is 14.4. The minimum Gasteiger partial charge on any atom is -0.385 e. The SMILES string of the molecule is C=CCn1c(=O)c2cnc(Nc3ccc(N4CCN(C)CC4)cc3)nc2n1-c1ccc2c(c1)C(C)(O)C1(CC1)C2. The number of rotatable bonds is 6. The van der Waals surface area contributed by atoms with E-state index in [4.69, 9.17) is 4.98 Å². The first-order valence-corrected chi connectivity index (χ1v) is 14.1. The van der Waals surface area contributed by atoms with Crippen LogP contribution in [0.1, 0.15) is 30.9 Å². The molecule has 1 saturated heterocycles. The molecular formula is C31H35N7O2. The van der Waals surface area contributed by atoms with Crippen LogP contribution in [0.15, 0.2) is 66.1 Å². The van der Waals surface area contributed by atoms with Crippen LogP contribution >= 0.6 is 0 Å². The molecule has 3 heterocycles. The maximum absolute atomic E-state index is 13.4. The second-order valence-corrected chi connectivity index (χ2v) is 11.8. The zero-order chi connectivity index (χ0) is 27.6.